The van der Waals surface area contributed by atoms with Crippen molar-refractivity contribution in [2.45, 2.75) is 25.8 Å². The van der Waals surface area contributed by atoms with Crippen LogP contribution in [0, 0.1) is 0 Å². The highest BCUT2D eigenvalue weighted by Crippen LogP contribution is 2.30. The summed E-state index contributed by atoms with van der Waals surface area (Å²) in [5.74, 6) is 0.536. The number of anilines is 1. The van der Waals surface area contributed by atoms with E-state index in [1.807, 2.05) is 24.0 Å². The molecule has 2 aromatic rings. The molecule has 6 nitrogen and oxygen atoms in total. The van der Waals surface area contributed by atoms with E-state index in [4.69, 9.17) is 4.74 Å². The SMILES string of the molecule is CCOC(=O)CN(c1ccc2nccnc2n1)C1CC1. The van der Waals surface area contributed by atoms with E-state index >= 15 is 0 Å². The van der Waals surface area contributed by atoms with Gasteiger partial charge in [-0.3, -0.25) is 9.78 Å². The summed E-state index contributed by atoms with van der Waals surface area (Å²) < 4.78 is 5.02. The Kier molecular flexibility index (Phi) is 3.45. The number of ether oxygens (including phenoxy) is 1. The molecule has 1 aliphatic carbocycles. The maximum Gasteiger partial charge on any atom is 0.325 e. The van der Waals surface area contributed by atoms with Crippen LogP contribution in [0.4, 0.5) is 5.82 Å². The molecule has 0 unspecified atom stereocenters. The zero-order valence-electron chi connectivity index (χ0n) is 11.3. The second kappa shape index (κ2) is 5.40. The van der Waals surface area contributed by atoms with Gasteiger partial charge < -0.3 is 9.64 Å². The summed E-state index contributed by atoms with van der Waals surface area (Å²) in [6.45, 7) is 2.44. The number of rotatable bonds is 5. The average Bonchev–Trinajstić information content (AvgIpc) is 3.29. The monoisotopic (exact) mass is 272 g/mol. The summed E-state index contributed by atoms with van der Waals surface area (Å²) in [4.78, 5) is 26.6. The van der Waals surface area contributed by atoms with E-state index in [0.29, 0.717) is 18.3 Å². The van der Waals surface area contributed by atoms with E-state index in [-0.39, 0.29) is 12.5 Å². The molecular weight excluding hydrogens is 256 g/mol. The van der Waals surface area contributed by atoms with Crippen LogP contribution < -0.4 is 4.90 Å². The number of nitrogens with zero attached hydrogens (tertiary/aromatic N) is 4. The zero-order chi connectivity index (χ0) is 13.9. The van der Waals surface area contributed by atoms with Gasteiger partial charge in [-0.1, -0.05) is 0 Å². The number of carbonyl (C=O) groups excluding carboxylic acids is 1. The number of aromatic nitrogens is 3. The van der Waals surface area contributed by atoms with Gasteiger partial charge in [0.1, 0.15) is 17.9 Å². The summed E-state index contributed by atoms with van der Waals surface area (Å²) >= 11 is 0. The topological polar surface area (TPSA) is 68.2 Å². The number of hydrogen-bond donors (Lipinski definition) is 0. The Morgan fingerprint density at radius 3 is 2.90 bits per heavy atom. The van der Waals surface area contributed by atoms with Crippen molar-refractivity contribution in [3.8, 4) is 0 Å². The molecule has 0 amide bonds. The fourth-order valence-corrected chi connectivity index (χ4v) is 2.13. The largest absolute Gasteiger partial charge is 0.465 e. The molecule has 20 heavy (non-hydrogen) atoms. The molecule has 6 heteroatoms. The van der Waals surface area contributed by atoms with Crippen molar-refractivity contribution in [1.82, 2.24) is 15.0 Å². The Bertz CT molecular complexity index is 627. The summed E-state index contributed by atoms with van der Waals surface area (Å²) in [5, 5.41) is 0. The number of carbonyl (C=O) groups is 1. The molecule has 0 aromatic carbocycles. The van der Waals surface area contributed by atoms with Gasteiger partial charge in [-0.2, -0.15) is 0 Å². The fraction of sp³-hybridized carbons (Fsp3) is 0.429. The molecule has 1 fully saturated rings. The van der Waals surface area contributed by atoms with E-state index in [9.17, 15) is 4.79 Å². The number of fused-ring (bicyclic) bond motifs is 1. The van der Waals surface area contributed by atoms with Crippen molar-refractivity contribution in [2.24, 2.45) is 0 Å². The van der Waals surface area contributed by atoms with Crippen LogP contribution in [0.5, 0.6) is 0 Å². The second-order valence-electron chi connectivity index (χ2n) is 4.73. The maximum absolute atomic E-state index is 11.7. The minimum absolute atomic E-state index is 0.222. The molecule has 0 N–H and O–H groups in total. The standard InChI is InChI=1S/C14H16N4O2/c1-2-20-13(19)9-18(10-3-4-10)12-6-5-11-14(17-12)16-8-7-15-11/h5-8,10H,2-4,9H2,1H3. The molecule has 1 aliphatic rings. The zero-order valence-corrected chi connectivity index (χ0v) is 11.3. The third-order valence-corrected chi connectivity index (χ3v) is 3.20. The molecule has 2 heterocycles. The molecule has 0 bridgehead atoms. The summed E-state index contributed by atoms with van der Waals surface area (Å²) in [7, 11) is 0. The Morgan fingerprint density at radius 2 is 2.15 bits per heavy atom. The summed E-state index contributed by atoms with van der Waals surface area (Å²) in [6, 6.07) is 4.14. The van der Waals surface area contributed by atoms with Crippen molar-refractivity contribution in [3.05, 3.63) is 24.5 Å². The Labute approximate surface area is 116 Å². The Balaban J connectivity index is 1.87. The molecule has 1 saturated carbocycles. The van der Waals surface area contributed by atoms with Crippen molar-refractivity contribution in [3.63, 3.8) is 0 Å². The van der Waals surface area contributed by atoms with Gasteiger partial charge in [0, 0.05) is 18.4 Å². The van der Waals surface area contributed by atoms with Gasteiger partial charge in [0.05, 0.1) is 6.61 Å². The molecule has 0 spiro atoms. The van der Waals surface area contributed by atoms with Crippen LogP contribution in [0.3, 0.4) is 0 Å². The van der Waals surface area contributed by atoms with Crippen LogP contribution in [0.25, 0.3) is 11.2 Å². The number of esters is 1. The average molecular weight is 272 g/mol. The molecule has 0 saturated heterocycles. The molecule has 0 radical (unpaired) electrons. The lowest BCUT2D eigenvalue weighted by molar-refractivity contribution is -0.141. The van der Waals surface area contributed by atoms with Crippen molar-refractivity contribution in [1.29, 1.82) is 0 Å². The summed E-state index contributed by atoms with van der Waals surface area (Å²) in [5.41, 5.74) is 1.35. The first-order chi connectivity index (χ1) is 9.78. The predicted octanol–water partition coefficient (Wildman–Crippen LogP) is 1.56. The second-order valence-corrected chi connectivity index (χ2v) is 4.73. The minimum Gasteiger partial charge on any atom is -0.465 e. The van der Waals surface area contributed by atoms with Crippen LogP contribution in [-0.4, -0.2) is 40.1 Å². The molecular formula is C14H16N4O2. The van der Waals surface area contributed by atoms with Crippen LogP contribution in [-0.2, 0) is 9.53 Å². The van der Waals surface area contributed by atoms with Gasteiger partial charge in [-0.25, -0.2) is 9.97 Å². The van der Waals surface area contributed by atoms with Crippen molar-refractivity contribution >= 4 is 23.0 Å². The highest BCUT2D eigenvalue weighted by molar-refractivity contribution is 5.77. The number of pyridine rings is 1. The van der Waals surface area contributed by atoms with Gasteiger partial charge in [0.2, 0.25) is 0 Å². The molecule has 2 aromatic heterocycles. The molecule has 104 valence electrons. The van der Waals surface area contributed by atoms with E-state index in [2.05, 4.69) is 15.0 Å². The predicted molar refractivity (Wildman–Crippen MR) is 74.3 cm³/mol. The smallest absolute Gasteiger partial charge is 0.325 e. The lowest BCUT2D eigenvalue weighted by atomic mass is 10.3. The van der Waals surface area contributed by atoms with Crippen LogP contribution in [0.1, 0.15) is 19.8 Å². The summed E-state index contributed by atoms with van der Waals surface area (Å²) in [6.07, 6.45) is 5.42. The van der Waals surface area contributed by atoms with E-state index in [0.717, 1.165) is 24.2 Å². The first-order valence-electron chi connectivity index (χ1n) is 6.78. The third kappa shape index (κ3) is 2.68. The van der Waals surface area contributed by atoms with Gasteiger partial charge in [0.15, 0.2) is 5.65 Å². The first kappa shape index (κ1) is 12.8. The van der Waals surface area contributed by atoms with Crippen LogP contribution >= 0.6 is 0 Å². The minimum atomic E-state index is -0.222. The molecule has 0 atom stereocenters. The molecule has 3 rings (SSSR count). The Morgan fingerprint density at radius 1 is 1.35 bits per heavy atom. The quantitative estimate of drug-likeness (QED) is 0.769. The number of hydrogen-bond acceptors (Lipinski definition) is 6. The lowest BCUT2D eigenvalue weighted by Crippen LogP contribution is -2.33. The van der Waals surface area contributed by atoms with Crippen LogP contribution in [0.15, 0.2) is 24.5 Å². The van der Waals surface area contributed by atoms with E-state index in [1.54, 1.807) is 12.4 Å². The maximum atomic E-state index is 11.7. The van der Waals surface area contributed by atoms with Gasteiger partial charge in [0.25, 0.3) is 0 Å². The Hall–Kier alpha value is -2.24. The van der Waals surface area contributed by atoms with Gasteiger partial charge in [-0.15, -0.1) is 0 Å². The highest BCUT2D eigenvalue weighted by Gasteiger charge is 2.31. The van der Waals surface area contributed by atoms with E-state index in [1.165, 1.54) is 0 Å². The van der Waals surface area contributed by atoms with Crippen LogP contribution in [0.2, 0.25) is 0 Å². The third-order valence-electron chi connectivity index (χ3n) is 3.20. The van der Waals surface area contributed by atoms with E-state index < -0.39 is 0 Å². The van der Waals surface area contributed by atoms with Gasteiger partial charge >= 0.3 is 5.97 Å². The normalized spacial score (nSPS) is 14.2. The molecule has 0 aliphatic heterocycles. The highest BCUT2D eigenvalue weighted by atomic mass is 16.5. The van der Waals surface area contributed by atoms with Crippen molar-refractivity contribution < 1.29 is 9.53 Å². The fourth-order valence-electron chi connectivity index (χ4n) is 2.13. The first-order valence-corrected chi connectivity index (χ1v) is 6.78. The van der Waals surface area contributed by atoms with Crippen molar-refractivity contribution in [2.75, 3.05) is 18.1 Å². The van der Waals surface area contributed by atoms with Gasteiger partial charge in [-0.05, 0) is 31.9 Å². The lowest BCUT2D eigenvalue weighted by Gasteiger charge is -2.22.